The molecule has 150 valence electrons. The van der Waals surface area contributed by atoms with Gasteiger partial charge in [0.1, 0.15) is 0 Å². The Morgan fingerprint density at radius 1 is 0.889 bits per heavy atom. The van der Waals surface area contributed by atoms with Crippen LogP contribution in [-0.2, 0) is 14.9 Å². The number of hydrogen-bond acceptors (Lipinski definition) is 4. The third kappa shape index (κ3) is 4.22. The van der Waals surface area contributed by atoms with Gasteiger partial charge in [0.25, 0.3) is 10.2 Å². The molecule has 4 rings (SSSR count). The van der Waals surface area contributed by atoms with E-state index in [0.717, 1.165) is 44.5 Å². The summed E-state index contributed by atoms with van der Waals surface area (Å²) in [5.41, 5.74) is 1.03. The van der Waals surface area contributed by atoms with E-state index in [2.05, 4.69) is 4.90 Å². The highest BCUT2D eigenvalue weighted by Gasteiger charge is 2.43. The van der Waals surface area contributed by atoms with Gasteiger partial charge in [-0.2, -0.15) is 17.0 Å². The summed E-state index contributed by atoms with van der Waals surface area (Å²) in [5, 5.41) is 0. The fourth-order valence-electron chi connectivity index (χ4n) is 4.62. The van der Waals surface area contributed by atoms with E-state index >= 15 is 0 Å². The van der Waals surface area contributed by atoms with Crippen LogP contribution in [0.25, 0.3) is 0 Å². The first-order chi connectivity index (χ1) is 13.2. The van der Waals surface area contributed by atoms with E-state index < -0.39 is 10.2 Å². The van der Waals surface area contributed by atoms with Crippen molar-refractivity contribution in [1.82, 2.24) is 13.5 Å². The average molecular weight is 394 g/mol. The predicted molar refractivity (Wildman–Crippen MR) is 106 cm³/mol. The van der Waals surface area contributed by atoms with Gasteiger partial charge in [-0.3, -0.25) is 0 Å². The Hall–Kier alpha value is -0.990. The largest absolute Gasteiger partial charge is 0.373 e. The molecule has 0 N–H and O–H groups in total. The molecule has 0 bridgehead atoms. The molecule has 0 amide bonds. The van der Waals surface area contributed by atoms with Gasteiger partial charge in [-0.15, -0.1) is 0 Å². The Labute approximate surface area is 163 Å². The van der Waals surface area contributed by atoms with Gasteiger partial charge < -0.3 is 9.64 Å². The van der Waals surface area contributed by atoms with Gasteiger partial charge in [-0.05, 0) is 44.3 Å². The Balaban J connectivity index is 1.63. The number of nitrogens with zero attached hydrogens (tertiary/aromatic N) is 3. The second-order valence-corrected chi connectivity index (χ2v) is 9.73. The van der Waals surface area contributed by atoms with Gasteiger partial charge in [0.2, 0.25) is 0 Å². The number of morpholine rings is 1. The predicted octanol–water partition coefficient (Wildman–Crippen LogP) is 2.26. The lowest BCUT2D eigenvalue weighted by molar-refractivity contribution is -0.0560. The van der Waals surface area contributed by atoms with Crippen molar-refractivity contribution in [1.29, 1.82) is 0 Å². The fraction of sp³-hybridized carbons (Fsp3) is 0.700. The number of piperidine rings is 1. The van der Waals surface area contributed by atoms with Crippen LogP contribution in [0.2, 0.25) is 0 Å². The van der Waals surface area contributed by atoms with E-state index in [0.29, 0.717) is 26.2 Å². The molecule has 0 aromatic heterocycles. The summed E-state index contributed by atoms with van der Waals surface area (Å²) < 4.78 is 36.5. The standard InChI is InChI=1S/C20H31N3O3S/c24-27(25,22-13-5-2-6-14-22)23-15-16-26-19(17-21-11-7-8-12-21)20(23)18-9-3-1-4-10-18/h1,3-4,9-10,19-20H,2,5-8,11-17H2/t19-,20-/m0/s1. The van der Waals surface area contributed by atoms with Crippen LogP contribution in [0.1, 0.15) is 43.7 Å². The SMILES string of the molecule is O=S(=O)(N1CCCCC1)N1CCO[C@@H](CN2CCCC2)[C@@H]1c1ccccc1. The molecule has 7 heteroatoms. The topological polar surface area (TPSA) is 53.1 Å². The summed E-state index contributed by atoms with van der Waals surface area (Å²) in [6.07, 6.45) is 5.35. The lowest BCUT2D eigenvalue weighted by atomic mass is 9.99. The van der Waals surface area contributed by atoms with Crippen LogP contribution >= 0.6 is 0 Å². The van der Waals surface area contributed by atoms with Gasteiger partial charge in [-0.1, -0.05) is 36.8 Å². The highest BCUT2D eigenvalue weighted by Crippen LogP contribution is 2.34. The molecule has 3 saturated heterocycles. The average Bonchev–Trinajstić information content (AvgIpc) is 3.22. The van der Waals surface area contributed by atoms with Gasteiger partial charge >= 0.3 is 0 Å². The first-order valence-corrected chi connectivity index (χ1v) is 11.7. The van der Waals surface area contributed by atoms with Crippen molar-refractivity contribution in [3.8, 4) is 0 Å². The minimum atomic E-state index is -3.48. The van der Waals surface area contributed by atoms with Gasteiger partial charge in [0.15, 0.2) is 0 Å². The van der Waals surface area contributed by atoms with Crippen molar-refractivity contribution in [3.63, 3.8) is 0 Å². The zero-order valence-corrected chi connectivity index (χ0v) is 16.8. The fourth-order valence-corrected chi connectivity index (χ4v) is 6.48. The Kier molecular flexibility index (Phi) is 6.14. The van der Waals surface area contributed by atoms with Gasteiger partial charge in [0.05, 0.1) is 18.8 Å². The van der Waals surface area contributed by atoms with E-state index in [1.54, 1.807) is 8.61 Å². The van der Waals surface area contributed by atoms with E-state index in [-0.39, 0.29) is 12.1 Å². The number of ether oxygens (including phenoxy) is 1. The van der Waals surface area contributed by atoms with Crippen LogP contribution in [0.5, 0.6) is 0 Å². The van der Waals surface area contributed by atoms with Gasteiger partial charge in [0, 0.05) is 26.2 Å². The maximum absolute atomic E-state index is 13.5. The Bertz CT molecular complexity index is 700. The van der Waals surface area contributed by atoms with Crippen LogP contribution < -0.4 is 0 Å². The summed E-state index contributed by atoms with van der Waals surface area (Å²) >= 11 is 0. The molecule has 3 heterocycles. The van der Waals surface area contributed by atoms with Crippen LogP contribution in [0.4, 0.5) is 0 Å². The third-order valence-electron chi connectivity index (χ3n) is 6.02. The Morgan fingerprint density at radius 3 is 2.26 bits per heavy atom. The van der Waals surface area contributed by atoms with Crippen LogP contribution in [0.3, 0.4) is 0 Å². The molecular formula is C20H31N3O3S. The first-order valence-electron chi connectivity index (χ1n) is 10.3. The minimum Gasteiger partial charge on any atom is -0.373 e. The number of likely N-dealkylation sites (tertiary alicyclic amines) is 1. The molecule has 3 fully saturated rings. The quantitative estimate of drug-likeness (QED) is 0.770. The molecule has 1 aromatic carbocycles. The molecule has 0 radical (unpaired) electrons. The molecule has 0 spiro atoms. The first kappa shape index (κ1) is 19.3. The molecule has 3 aliphatic heterocycles. The van der Waals surface area contributed by atoms with Crippen LogP contribution in [-0.4, -0.2) is 73.9 Å². The summed E-state index contributed by atoms with van der Waals surface area (Å²) in [7, 11) is -3.48. The minimum absolute atomic E-state index is 0.126. The maximum Gasteiger partial charge on any atom is 0.282 e. The summed E-state index contributed by atoms with van der Waals surface area (Å²) in [4.78, 5) is 2.41. The van der Waals surface area contributed by atoms with Crippen molar-refractivity contribution in [3.05, 3.63) is 35.9 Å². The smallest absolute Gasteiger partial charge is 0.282 e. The summed E-state index contributed by atoms with van der Waals surface area (Å²) in [6, 6.07) is 9.77. The van der Waals surface area contributed by atoms with E-state index in [9.17, 15) is 8.42 Å². The zero-order valence-electron chi connectivity index (χ0n) is 16.0. The van der Waals surface area contributed by atoms with Crippen molar-refractivity contribution in [2.24, 2.45) is 0 Å². The molecule has 0 aliphatic carbocycles. The molecule has 0 unspecified atom stereocenters. The summed E-state index contributed by atoms with van der Waals surface area (Å²) in [6.45, 7) is 5.13. The van der Waals surface area contributed by atoms with Crippen molar-refractivity contribution in [2.45, 2.75) is 44.2 Å². The van der Waals surface area contributed by atoms with Gasteiger partial charge in [-0.25, -0.2) is 0 Å². The van der Waals surface area contributed by atoms with Crippen molar-refractivity contribution in [2.75, 3.05) is 45.9 Å². The molecule has 6 nitrogen and oxygen atoms in total. The maximum atomic E-state index is 13.5. The van der Waals surface area contributed by atoms with Crippen LogP contribution in [0.15, 0.2) is 30.3 Å². The van der Waals surface area contributed by atoms with E-state index in [1.165, 1.54) is 12.8 Å². The zero-order chi connectivity index (χ0) is 18.7. The molecule has 27 heavy (non-hydrogen) atoms. The molecule has 3 aliphatic rings. The van der Waals surface area contributed by atoms with Crippen LogP contribution in [0, 0.1) is 0 Å². The van der Waals surface area contributed by atoms with Crippen molar-refractivity contribution < 1.29 is 13.2 Å². The normalized spacial score (nSPS) is 29.2. The molecule has 0 saturated carbocycles. The highest BCUT2D eigenvalue weighted by molar-refractivity contribution is 7.86. The summed E-state index contributed by atoms with van der Waals surface area (Å²) in [5.74, 6) is 0. The molecule has 1 aromatic rings. The molecule has 2 atom stereocenters. The lowest BCUT2D eigenvalue weighted by Crippen LogP contribution is -2.55. The highest BCUT2D eigenvalue weighted by atomic mass is 32.2. The molecular weight excluding hydrogens is 362 g/mol. The lowest BCUT2D eigenvalue weighted by Gasteiger charge is -2.44. The van der Waals surface area contributed by atoms with E-state index in [4.69, 9.17) is 4.74 Å². The Morgan fingerprint density at radius 2 is 1.56 bits per heavy atom. The van der Waals surface area contributed by atoms with Crippen molar-refractivity contribution >= 4 is 10.2 Å². The monoisotopic (exact) mass is 393 g/mol. The van der Waals surface area contributed by atoms with E-state index in [1.807, 2.05) is 30.3 Å². The number of benzene rings is 1. The second kappa shape index (κ2) is 8.57. The number of rotatable bonds is 5. The number of hydrogen-bond donors (Lipinski definition) is 0. The third-order valence-corrected chi connectivity index (χ3v) is 8.04. The second-order valence-electron chi connectivity index (χ2n) is 7.85.